The van der Waals surface area contributed by atoms with Crippen LogP contribution in [-0.4, -0.2) is 5.91 Å². The minimum Gasteiger partial charge on any atom is -0.295 e. The third-order valence-electron chi connectivity index (χ3n) is 3.14. The minimum atomic E-state index is -1.66. The normalized spacial score (nSPS) is 10.9. The van der Waals surface area contributed by atoms with Crippen molar-refractivity contribution in [1.82, 2.24) is 5.43 Å². The van der Waals surface area contributed by atoms with E-state index in [0.29, 0.717) is 16.2 Å². The van der Waals surface area contributed by atoms with Gasteiger partial charge < -0.3 is 0 Å². The number of hydrazine groups is 1. The summed E-state index contributed by atoms with van der Waals surface area (Å²) in [6.45, 7) is 0. The molecule has 0 atom stereocenters. The number of carbonyl (C=O) groups is 1. The van der Waals surface area contributed by atoms with Crippen LogP contribution in [-0.2, 0) is 0 Å². The topological polar surface area (TPSA) is 41.1 Å². The molecule has 24 heavy (non-hydrogen) atoms. The highest BCUT2D eigenvalue weighted by molar-refractivity contribution is 7.21. The Kier molecular flexibility index (Phi) is 4.33. The summed E-state index contributed by atoms with van der Waals surface area (Å²) >= 11 is 7.02. The maximum absolute atomic E-state index is 13.5. The van der Waals surface area contributed by atoms with Gasteiger partial charge in [-0.2, -0.15) is 0 Å². The molecule has 3 aromatic rings. The molecule has 0 saturated carbocycles. The third kappa shape index (κ3) is 2.90. The van der Waals surface area contributed by atoms with Crippen LogP contribution >= 0.6 is 22.9 Å². The number of nitrogens with one attached hydrogen (secondary N) is 2. The summed E-state index contributed by atoms with van der Waals surface area (Å²) in [6.07, 6.45) is 0. The fourth-order valence-corrected chi connectivity index (χ4v) is 3.43. The Labute approximate surface area is 141 Å². The van der Waals surface area contributed by atoms with E-state index in [4.69, 9.17) is 11.6 Å². The van der Waals surface area contributed by atoms with Crippen LogP contribution in [0, 0.1) is 23.3 Å². The molecule has 0 bridgehead atoms. The number of amides is 1. The average Bonchev–Trinajstić information content (AvgIpc) is 2.88. The molecule has 0 radical (unpaired) electrons. The lowest BCUT2D eigenvalue weighted by Gasteiger charge is -2.09. The zero-order chi connectivity index (χ0) is 17.4. The zero-order valence-electron chi connectivity index (χ0n) is 11.6. The molecule has 3 nitrogen and oxygen atoms in total. The molecule has 0 saturated heterocycles. The van der Waals surface area contributed by atoms with Gasteiger partial charge in [0.25, 0.3) is 5.91 Å². The maximum atomic E-state index is 13.5. The summed E-state index contributed by atoms with van der Waals surface area (Å²) in [7, 11) is 0. The quantitative estimate of drug-likeness (QED) is 0.390. The number of hydrogen-bond donors (Lipinski definition) is 2. The number of anilines is 1. The van der Waals surface area contributed by atoms with Crippen LogP contribution < -0.4 is 10.9 Å². The molecule has 0 aliphatic carbocycles. The SMILES string of the molecule is O=C(NNc1ccc(F)c(F)c1F)c1sc2cc(F)ccc2c1Cl. The van der Waals surface area contributed by atoms with Crippen molar-refractivity contribution < 1.29 is 22.4 Å². The van der Waals surface area contributed by atoms with Gasteiger partial charge in [0, 0.05) is 10.1 Å². The van der Waals surface area contributed by atoms with Crippen LogP contribution in [0.2, 0.25) is 5.02 Å². The number of thiophene rings is 1. The highest BCUT2D eigenvalue weighted by Gasteiger charge is 2.19. The van der Waals surface area contributed by atoms with Crippen LogP contribution in [0.4, 0.5) is 23.2 Å². The van der Waals surface area contributed by atoms with E-state index in [9.17, 15) is 22.4 Å². The molecule has 0 aliphatic heterocycles. The van der Waals surface area contributed by atoms with Crippen LogP contribution in [0.5, 0.6) is 0 Å². The Hall–Kier alpha value is -2.32. The molecule has 0 spiro atoms. The van der Waals surface area contributed by atoms with E-state index < -0.39 is 34.9 Å². The summed E-state index contributed by atoms with van der Waals surface area (Å²) in [5.41, 5.74) is 3.84. The van der Waals surface area contributed by atoms with E-state index in [2.05, 4.69) is 10.9 Å². The first-order valence-electron chi connectivity index (χ1n) is 6.46. The number of benzene rings is 2. The molecule has 9 heteroatoms. The number of rotatable bonds is 3. The minimum absolute atomic E-state index is 0.0627. The van der Waals surface area contributed by atoms with Crippen molar-refractivity contribution in [2.45, 2.75) is 0 Å². The van der Waals surface area contributed by atoms with Gasteiger partial charge in [0.05, 0.1) is 10.7 Å². The molecule has 2 N–H and O–H groups in total. The van der Waals surface area contributed by atoms with Gasteiger partial charge in [-0.25, -0.2) is 17.6 Å². The van der Waals surface area contributed by atoms with Gasteiger partial charge >= 0.3 is 0 Å². The summed E-state index contributed by atoms with van der Waals surface area (Å²) < 4.78 is 53.2. The van der Waals surface area contributed by atoms with Crippen molar-refractivity contribution in [3.63, 3.8) is 0 Å². The Balaban J connectivity index is 1.83. The molecule has 0 fully saturated rings. The molecule has 2 aromatic carbocycles. The van der Waals surface area contributed by atoms with Crippen molar-refractivity contribution in [2.24, 2.45) is 0 Å². The Morgan fingerprint density at radius 2 is 1.79 bits per heavy atom. The van der Waals surface area contributed by atoms with Gasteiger partial charge in [-0.05, 0) is 30.3 Å². The molecular formula is C15H7ClF4N2OS. The van der Waals surface area contributed by atoms with Crippen LogP contribution in [0.15, 0.2) is 30.3 Å². The first-order valence-corrected chi connectivity index (χ1v) is 7.65. The highest BCUT2D eigenvalue weighted by atomic mass is 35.5. The summed E-state index contributed by atoms with van der Waals surface area (Å²) in [6, 6.07) is 5.50. The first kappa shape index (κ1) is 16.5. The predicted octanol–water partition coefficient (Wildman–Crippen LogP) is 4.87. The lowest BCUT2D eigenvalue weighted by Crippen LogP contribution is -2.29. The largest absolute Gasteiger partial charge is 0.295 e. The molecule has 1 heterocycles. The second-order valence-electron chi connectivity index (χ2n) is 4.69. The molecular weight excluding hydrogens is 368 g/mol. The molecule has 1 aromatic heterocycles. The molecule has 0 unspecified atom stereocenters. The van der Waals surface area contributed by atoms with Gasteiger partial charge in [0.2, 0.25) is 0 Å². The second kappa shape index (κ2) is 6.29. The lowest BCUT2D eigenvalue weighted by molar-refractivity contribution is 0.0966. The van der Waals surface area contributed by atoms with Gasteiger partial charge in [-0.1, -0.05) is 11.6 Å². The van der Waals surface area contributed by atoms with E-state index in [1.165, 1.54) is 18.2 Å². The highest BCUT2D eigenvalue weighted by Crippen LogP contribution is 2.35. The third-order valence-corrected chi connectivity index (χ3v) is 4.80. The summed E-state index contributed by atoms with van der Waals surface area (Å²) in [5, 5.41) is 0.604. The number of carbonyl (C=O) groups excluding carboxylic acids is 1. The number of hydrogen-bond acceptors (Lipinski definition) is 3. The molecule has 3 rings (SSSR count). The monoisotopic (exact) mass is 374 g/mol. The van der Waals surface area contributed by atoms with Gasteiger partial charge in [-0.3, -0.25) is 15.6 Å². The van der Waals surface area contributed by atoms with Crippen LogP contribution in [0.1, 0.15) is 9.67 Å². The van der Waals surface area contributed by atoms with E-state index >= 15 is 0 Å². The van der Waals surface area contributed by atoms with Crippen molar-refractivity contribution in [1.29, 1.82) is 0 Å². The fourth-order valence-electron chi connectivity index (χ4n) is 1.99. The molecule has 124 valence electrons. The summed E-state index contributed by atoms with van der Waals surface area (Å²) in [4.78, 5) is 12.2. The summed E-state index contributed by atoms with van der Waals surface area (Å²) in [5.74, 6) is -5.69. The van der Waals surface area contributed by atoms with E-state index in [1.807, 2.05) is 0 Å². The van der Waals surface area contributed by atoms with E-state index in [1.54, 1.807) is 0 Å². The maximum Gasteiger partial charge on any atom is 0.281 e. The average molecular weight is 375 g/mol. The second-order valence-corrected chi connectivity index (χ2v) is 6.12. The van der Waals surface area contributed by atoms with Gasteiger partial charge in [0.15, 0.2) is 17.5 Å². The smallest absolute Gasteiger partial charge is 0.281 e. The Morgan fingerprint density at radius 1 is 1.04 bits per heavy atom. The van der Waals surface area contributed by atoms with Gasteiger partial charge in [-0.15, -0.1) is 11.3 Å². The number of halogens is 5. The Bertz CT molecular complexity index is 960. The lowest BCUT2D eigenvalue weighted by atomic mass is 10.2. The van der Waals surface area contributed by atoms with Crippen molar-refractivity contribution >= 4 is 44.6 Å². The molecule has 0 aliphatic rings. The van der Waals surface area contributed by atoms with Crippen LogP contribution in [0.3, 0.4) is 0 Å². The van der Waals surface area contributed by atoms with E-state index in [0.717, 1.165) is 17.4 Å². The van der Waals surface area contributed by atoms with Crippen molar-refractivity contribution in [3.05, 3.63) is 63.5 Å². The number of fused-ring (bicyclic) bond motifs is 1. The van der Waals surface area contributed by atoms with E-state index in [-0.39, 0.29) is 9.90 Å². The fraction of sp³-hybridized carbons (Fsp3) is 0. The standard InChI is InChI=1S/C15H7ClF4N2OS/c16-11-7-2-1-6(17)5-10(7)24-14(11)15(23)22-21-9-4-3-8(18)12(19)13(9)20/h1-5,21H,(H,22,23). The first-order chi connectivity index (χ1) is 11.4. The molecule has 1 amide bonds. The Morgan fingerprint density at radius 3 is 2.54 bits per heavy atom. The van der Waals surface area contributed by atoms with Gasteiger partial charge in [0.1, 0.15) is 10.7 Å². The van der Waals surface area contributed by atoms with Crippen molar-refractivity contribution in [2.75, 3.05) is 5.43 Å². The zero-order valence-corrected chi connectivity index (χ0v) is 13.2. The van der Waals surface area contributed by atoms with Crippen molar-refractivity contribution in [3.8, 4) is 0 Å². The predicted molar refractivity (Wildman–Crippen MR) is 84.2 cm³/mol. The van der Waals surface area contributed by atoms with Crippen LogP contribution in [0.25, 0.3) is 10.1 Å².